The van der Waals surface area contributed by atoms with Crippen molar-refractivity contribution in [1.29, 1.82) is 0 Å². The van der Waals surface area contributed by atoms with Gasteiger partial charge in [0.25, 0.3) is 0 Å². The second-order valence-electron chi connectivity index (χ2n) is 0.558. The molecule has 0 spiro atoms. The van der Waals surface area contributed by atoms with E-state index in [2.05, 4.69) is 0 Å². The monoisotopic (exact) mass is 330 g/mol. The van der Waals surface area contributed by atoms with Crippen LogP contribution in [-0.2, 0) is 26.2 Å². The Kier molecular flexibility index (Phi) is 15.5. The Bertz CT molecular complexity index is 38.7. The molecule has 0 heterocycles. The normalized spacial score (nSPS) is 8.67. The maximum atomic E-state index is 9.12. The first kappa shape index (κ1) is 16.3. The summed E-state index contributed by atoms with van der Waals surface area (Å²) in [6.07, 6.45) is 0. The van der Waals surface area contributed by atoms with E-state index in [1.54, 1.807) is 0 Å². The summed E-state index contributed by atoms with van der Waals surface area (Å²) in [6, 6.07) is 0. The first-order valence-corrected chi connectivity index (χ1v) is 2.76. The molecule has 0 N–H and O–H groups in total. The van der Waals surface area contributed by atoms with Crippen molar-refractivity contribution in [1.82, 2.24) is 0 Å². The van der Waals surface area contributed by atoms with Gasteiger partial charge in [-0.05, 0) is 9.05 Å². The topological polar surface area (TPSA) is 101 Å². The maximum Gasteiger partial charge on any atom is 4.00 e. The molecule has 0 rings (SSSR count). The zero-order valence-corrected chi connectivity index (χ0v) is 7.64. The molecule has 0 aromatic heterocycles. The van der Waals surface area contributed by atoms with Crippen LogP contribution in [0.2, 0.25) is 0 Å². The van der Waals surface area contributed by atoms with Crippen molar-refractivity contribution in [2.24, 2.45) is 0 Å². The summed E-state index contributed by atoms with van der Waals surface area (Å²) in [5, 5.41) is 1.25. The third kappa shape index (κ3) is 1160. The van der Waals surface area contributed by atoms with Crippen LogP contribution < -0.4 is 19.2 Å². The molecule has 0 bridgehead atoms. The van der Waals surface area contributed by atoms with E-state index in [4.69, 9.17) is 28.2 Å². The zero-order chi connectivity index (χ0) is 7.21. The molecule has 0 saturated heterocycles. The van der Waals surface area contributed by atoms with Gasteiger partial charge in [-0.25, -0.2) is 0 Å². The summed E-state index contributed by atoms with van der Waals surface area (Å²) >= 11 is 0. The molecule has 0 aromatic carbocycles. The predicted molar refractivity (Wildman–Crippen MR) is 9.05 cm³/mol. The Hall–Kier alpha value is 0.565. The van der Waals surface area contributed by atoms with Crippen LogP contribution >= 0.6 is 0 Å². The average Bonchev–Trinajstić information content (AvgIpc) is 1.27. The molecule has 0 amide bonds. The van der Waals surface area contributed by atoms with Crippen molar-refractivity contribution in [2.75, 3.05) is 0 Å². The van der Waals surface area contributed by atoms with Gasteiger partial charge in [-0.15, -0.1) is 0 Å². The molecule has 0 atom stereocenters. The number of hydrogen-bond donors (Lipinski definition) is 0. The Balaban J connectivity index is -0.0000000800. The summed E-state index contributed by atoms with van der Waals surface area (Å²) in [6.45, 7) is 0. The molecule has 0 unspecified atom stereocenters. The van der Waals surface area contributed by atoms with Crippen LogP contribution in [0, 0.1) is 0 Å². The first-order chi connectivity index (χ1) is 3.41. The Morgan fingerprint density at radius 2 is 1.00 bits per heavy atom. The fraction of sp³-hybridized carbons (Fsp3) is 0. The average molecular weight is 330 g/mol. The molecule has 0 saturated carbocycles. The van der Waals surface area contributed by atoms with Gasteiger partial charge in [0.15, 0.2) is 0 Å². The van der Waals surface area contributed by atoms with Crippen molar-refractivity contribution < 1.29 is 54.4 Å². The van der Waals surface area contributed by atoms with Gasteiger partial charge in [-0.1, -0.05) is 0 Å². The number of hydrogen-bond acceptors (Lipinski definition) is 5. The summed E-state index contributed by atoms with van der Waals surface area (Å²) < 4.78 is 18.2. The van der Waals surface area contributed by atoms with Gasteiger partial charge in [0.1, 0.15) is 0 Å². The van der Waals surface area contributed by atoms with Gasteiger partial charge in [-0.3, -0.25) is 0 Å². The molecule has 0 aliphatic heterocycles. The first-order valence-electron chi connectivity index (χ1n) is 1.13. The molecular formula is F2O5SiW. The number of rotatable bonds is 0. The molecule has 0 aliphatic carbocycles. The van der Waals surface area contributed by atoms with Crippen molar-refractivity contribution >= 4 is 9.05 Å². The van der Waals surface area contributed by atoms with Gasteiger partial charge in [0.05, 0.1) is 0 Å². The molecule has 0 fully saturated rings. The van der Waals surface area contributed by atoms with Crippen LogP contribution in [0.1, 0.15) is 0 Å². The van der Waals surface area contributed by atoms with Crippen molar-refractivity contribution in [2.45, 2.75) is 0 Å². The molecule has 0 radical (unpaired) electrons. The van der Waals surface area contributed by atoms with Crippen LogP contribution in [0.15, 0.2) is 0 Å². The Labute approximate surface area is 64.1 Å². The third-order valence-corrected chi connectivity index (χ3v) is 0. The molecule has 0 aliphatic rings. The fourth-order valence-corrected chi connectivity index (χ4v) is 0. The van der Waals surface area contributed by atoms with Gasteiger partial charge in [0.2, 0.25) is 0 Å². The van der Waals surface area contributed by atoms with E-state index in [0.29, 0.717) is 0 Å². The van der Waals surface area contributed by atoms with E-state index in [0.717, 1.165) is 0 Å². The Morgan fingerprint density at radius 3 is 1.00 bits per heavy atom. The second kappa shape index (κ2) is 8.57. The number of halogens is 2. The molecule has 5 nitrogen and oxygen atoms in total. The summed E-state index contributed by atoms with van der Waals surface area (Å²) in [5.74, 6) is 0. The third-order valence-electron chi connectivity index (χ3n) is 0. The second-order valence-corrected chi connectivity index (χ2v) is 1.56. The Morgan fingerprint density at radius 1 is 1.00 bits per heavy atom. The van der Waals surface area contributed by atoms with Gasteiger partial charge >= 0.3 is 21.1 Å². The van der Waals surface area contributed by atoms with E-state index in [1.165, 1.54) is 5.15 Å². The largest absolute Gasteiger partial charge is 4.00 e. The summed E-state index contributed by atoms with van der Waals surface area (Å²) in [5.41, 5.74) is 0. The van der Waals surface area contributed by atoms with Gasteiger partial charge in [0, 0.05) is 5.15 Å². The van der Waals surface area contributed by atoms with Crippen LogP contribution in [0.4, 0.5) is 9.05 Å². The van der Waals surface area contributed by atoms with E-state index in [-0.39, 0.29) is 21.1 Å². The summed E-state index contributed by atoms with van der Waals surface area (Å²) in [7, 11) is -5.61. The molecule has 9 heteroatoms. The van der Waals surface area contributed by atoms with Crippen LogP contribution in [0.3, 0.4) is 0 Å². The van der Waals surface area contributed by atoms with Crippen LogP contribution in [0.25, 0.3) is 0 Å². The quantitative estimate of drug-likeness (QED) is 0.418. The molecule has 0 aromatic rings. The molecule has 9 heavy (non-hydrogen) atoms. The van der Waals surface area contributed by atoms with E-state index in [1.807, 2.05) is 0 Å². The van der Waals surface area contributed by atoms with Crippen molar-refractivity contribution in [3.05, 3.63) is 0 Å². The minimum atomic E-state index is -5.61. The van der Waals surface area contributed by atoms with Crippen molar-refractivity contribution in [3.8, 4) is 0 Å². The minimum Gasteiger partial charge on any atom is -0.894 e. The zero-order valence-electron chi connectivity index (χ0n) is 3.71. The molecular weight excluding hydrogens is 330 g/mol. The standard InChI is InChI=1S/F2O.O4Si.W/c1-3-2;1-5(2,3)4;/q;-4;+4. The maximum absolute atomic E-state index is 9.12. The fourth-order valence-electron chi connectivity index (χ4n) is 0. The van der Waals surface area contributed by atoms with Crippen LogP contribution in [0.5, 0.6) is 0 Å². The van der Waals surface area contributed by atoms with Gasteiger partial charge < -0.3 is 28.2 Å². The summed E-state index contributed by atoms with van der Waals surface area (Å²) in [4.78, 5) is 34.3. The van der Waals surface area contributed by atoms with E-state index < -0.39 is 9.05 Å². The van der Waals surface area contributed by atoms with E-state index in [9.17, 15) is 0 Å². The van der Waals surface area contributed by atoms with Gasteiger partial charge in [-0.2, -0.15) is 0 Å². The van der Waals surface area contributed by atoms with Crippen molar-refractivity contribution in [3.63, 3.8) is 0 Å². The molecule has 54 valence electrons. The minimum absolute atomic E-state index is 0. The smallest absolute Gasteiger partial charge is 0.894 e. The SMILES string of the molecule is FOF.[O-][Si]([O-])([O-])[O-].[W+4]. The van der Waals surface area contributed by atoms with E-state index >= 15 is 0 Å². The predicted octanol–water partition coefficient (Wildman–Crippen LogP) is -4.37. The van der Waals surface area contributed by atoms with Crippen LogP contribution in [-0.4, -0.2) is 9.05 Å².